The second-order valence-electron chi connectivity index (χ2n) is 3.98. The summed E-state index contributed by atoms with van der Waals surface area (Å²) in [5.74, 6) is 0.567. The molecular formula is C10H14Cl2N4O2. The Morgan fingerprint density at radius 3 is 2.67 bits per heavy atom. The molecule has 0 bridgehead atoms. The van der Waals surface area contributed by atoms with Gasteiger partial charge in [-0.05, 0) is 24.4 Å². The molecule has 2 rings (SSSR count). The summed E-state index contributed by atoms with van der Waals surface area (Å²) in [6.07, 6.45) is 1.90. The number of anilines is 1. The van der Waals surface area contributed by atoms with Crippen LogP contribution < -0.4 is 4.90 Å². The molecule has 1 N–H and O–H groups in total. The standard InChI is InChI=1S/C10H14Cl2N4O2/c11-8-9(13-10(12)15-14-8)16-3-1-7(2-4-16)18-6-5-17/h7,17H,1-6H2. The van der Waals surface area contributed by atoms with Crippen LogP contribution in [0, 0.1) is 0 Å². The molecule has 0 unspecified atom stereocenters. The van der Waals surface area contributed by atoms with Crippen molar-refractivity contribution in [2.24, 2.45) is 0 Å². The molecule has 1 aromatic heterocycles. The van der Waals surface area contributed by atoms with Gasteiger partial charge in [-0.2, -0.15) is 4.98 Å². The first-order valence-corrected chi connectivity index (χ1v) is 6.49. The zero-order valence-corrected chi connectivity index (χ0v) is 11.2. The topological polar surface area (TPSA) is 71.4 Å². The van der Waals surface area contributed by atoms with Crippen LogP contribution >= 0.6 is 23.2 Å². The van der Waals surface area contributed by atoms with Crippen LogP contribution in [-0.2, 0) is 4.74 Å². The Balaban J connectivity index is 1.94. The third-order valence-electron chi connectivity index (χ3n) is 2.79. The van der Waals surface area contributed by atoms with Crippen molar-refractivity contribution in [2.45, 2.75) is 18.9 Å². The van der Waals surface area contributed by atoms with Gasteiger partial charge in [-0.25, -0.2) is 0 Å². The molecular weight excluding hydrogens is 279 g/mol. The smallest absolute Gasteiger partial charge is 0.245 e. The molecule has 0 aromatic carbocycles. The number of aliphatic hydroxyl groups is 1. The SMILES string of the molecule is OCCOC1CCN(c2nc(Cl)nnc2Cl)CC1. The van der Waals surface area contributed by atoms with E-state index < -0.39 is 0 Å². The van der Waals surface area contributed by atoms with Crippen LogP contribution in [0.25, 0.3) is 0 Å². The van der Waals surface area contributed by atoms with E-state index in [-0.39, 0.29) is 23.1 Å². The van der Waals surface area contributed by atoms with E-state index in [1.807, 2.05) is 4.90 Å². The van der Waals surface area contributed by atoms with Gasteiger partial charge in [-0.1, -0.05) is 11.6 Å². The van der Waals surface area contributed by atoms with Crippen LogP contribution in [-0.4, -0.2) is 52.7 Å². The highest BCUT2D eigenvalue weighted by molar-refractivity contribution is 6.32. The van der Waals surface area contributed by atoms with Gasteiger partial charge in [0, 0.05) is 13.1 Å². The normalized spacial score (nSPS) is 17.2. The molecule has 0 amide bonds. The van der Waals surface area contributed by atoms with Crippen molar-refractivity contribution < 1.29 is 9.84 Å². The molecule has 1 saturated heterocycles. The summed E-state index contributed by atoms with van der Waals surface area (Å²) in [6.45, 7) is 1.97. The lowest BCUT2D eigenvalue weighted by Gasteiger charge is -2.32. The minimum atomic E-state index is 0.0531. The fourth-order valence-electron chi connectivity index (χ4n) is 1.94. The first kappa shape index (κ1) is 13.7. The van der Waals surface area contributed by atoms with Crippen LogP contribution in [0.2, 0.25) is 10.4 Å². The minimum Gasteiger partial charge on any atom is -0.394 e. The van der Waals surface area contributed by atoms with Gasteiger partial charge in [0.25, 0.3) is 0 Å². The lowest BCUT2D eigenvalue weighted by Crippen LogP contribution is -2.38. The number of aromatic nitrogens is 3. The largest absolute Gasteiger partial charge is 0.394 e. The van der Waals surface area contributed by atoms with Crippen molar-refractivity contribution in [3.63, 3.8) is 0 Å². The van der Waals surface area contributed by atoms with Gasteiger partial charge in [-0.15, -0.1) is 10.2 Å². The van der Waals surface area contributed by atoms with Gasteiger partial charge in [-0.3, -0.25) is 0 Å². The molecule has 100 valence electrons. The Bertz CT molecular complexity index is 399. The van der Waals surface area contributed by atoms with Gasteiger partial charge < -0.3 is 14.7 Å². The summed E-state index contributed by atoms with van der Waals surface area (Å²) >= 11 is 11.7. The molecule has 1 aromatic rings. The van der Waals surface area contributed by atoms with E-state index in [9.17, 15) is 0 Å². The van der Waals surface area contributed by atoms with Crippen LogP contribution in [0.15, 0.2) is 0 Å². The van der Waals surface area contributed by atoms with E-state index in [0.717, 1.165) is 25.9 Å². The van der Waals surface area contributed by atoms with Crippen LogP contribution in [0.5, 0.6) is 0 Å². The molecule has 1 fully saturated rings. The zero-order chi connectivity index (χ0) is 13.0. The Labute approximate surface area is 115 Å². The number of hydrogen-bond acceptors (Lipinski definition) is 6. The average Bonchev–Trinajstić information content (AvgIpc) is 2.40. The average molecular weight is 293 g/mol. The van der Waals surface area contributed by atoms with Crippen molar-refractivity contribution in [1.29, 1.82) is 0 Å². The maximum atomic E-state index is 8.70. The van der Waals surface area contributed by atoms with E-state index >= 15 is 0 Å². The molecule has 0 atom stereocenters. The Hall–Kier alpha value is -0.690. The molecule has 8 heteroatoms. The van der Waals surface area contributed by atoms with E-state index in [1.54, 1.807) is 0 Å². The highest BCUT2D eigenvalue weighted by Crippen LogP contribution is 2.25. The van der Waals surface area contributed by atoms with Crippen LogP contribution in [0.4, 0.5) is 5.82 Å². The summed E-state index contributed by atoms with van der Waals surface area (Å²) in [7, 11) is 0. The molecule has 1 aliphatic rings. The molecule has 0 aliphatic carbocycles. The van der Waals surface area contributed by atoms with Gasteiger partial charge in [0.15, 0.2) is 11.0 Å². The number of nitrogens with zero attached hydrogens (tertiary/aromatic N) is 4. The quantitative estimate of drug-likeness (QED) is 0.898. The maximum absolute atomic E-state index is 8.70. The molecule has 18 heavy (non-hydrogen) atoms. The summed E-state index contributed by atoms with van der Waals surface area (Å²) in [6, 6.07) is 0. The summed E-state index contributed by atoms with van der Waals surface area (Å²) in [4.78, 5) is 6.10. The third-order valence-corrected chi connectivity index (χ3v) is 3.19. The first-order chi connectivity index (χ1) is 8.70. The molecule has 6 nitrogen and oxygen atoms in total. The van der Waals surface area contributed by atoms with E-state index in [1.165, 1.54) is 0 Å². The number of rotatable bonds is 4. The van der Waals surface area contributed by atoms with Gasteiger partial charge in [0.05, 0.1) is 19.3 Å². The highest BCUT2D eigenvalue weighted by atomic mass is 35.5. The highest BCUT2D eigenvalue weighted by Gasteiger charge is 2.23. The van der Waals surface area contributed by atoms with Crippen LogP contribution in [0.1, 0.15) is 12.8 Å². The zero-order valence-electron chi connectivity index (χ0n) is 9.72. The van der Waals surface area contributed by atoms with Gasteiger partial charge >= 0.3 is 0 Å². The van der Waals surface area contributed by atoms with Crippen molar-refractivity contribution in [3.05, 3.63) is 10.4 Å². The summed E-state index contributed by atoms with van der Waals surface area (Å²) in [5.41, 5.74) is 0. The van der Waals surface area contributed by atoms with E-state index in [2.05, 4.69) is 15.2 Å². The third kappa shape index (κ3) is 3.41. The minimum absolute atomic E-state index is 0.0531. The van der Waals surface area contributed by atoms with Gasteiger partial charge in [0.1, 0.15) is 0 Å². The Kier molecular flexibility index (Phi) is 4.94. The monoisotopic (exact) mass is 292 g/mol. The van der Waals surface area contributed by atoms with Crippen molar-refractivity contribution in [1.82, 2.24) is 15.2 Å². The first-order valence-electron chi connectivity index (χ1n) is 5.74. The Morgan fingerprint density at radius 1 is 1.28 bits per heavy atom. The fraction of sp³-hybridized carbons (Fsp3) is 0.700. The summed E-state index contributed by atoms with van der Waals surface area (Å²) in [5, 5.41) is 16.4. The molecule has 1 aliphatic heterocycles. The maximum Gasteiger partial charge on any atom is 0.245 e. The lowest BCUT2D eigenvalue weighted by molar-refractivity contribution is 0.0158. The Morgan fingerprint density at radius 2 is 2.00 bits per heavy atom. The fourth-order valence-corrected chi connectivity index (χ4v) is 2.26. The van der Waals surface area contributed by atoms with E-state index in [4.69, 9.17) is 33.0 Å². The predicted octanol–water partition coefficient (Wildman–Crippen LogP) is 1.16. The van der Waals surface area contributed by atoms with Crippen LogP contribution in [0.3, 0.4) is 0 Å². The summed E-state index contributed by atoms with van der Waals surface area (Å²) < 4.78 is 5.49. The van der Waals surface area contributed by atoms with Gasteiger partial charge in [0.2, 0.25) is 5.28 Å². The molecule has 0 saturated carbocycles. The number of halogens is 2. The van der Waals surface area contributed by atoms with Crippen molar-refractivity contribution >= 4 is 29.0 Å². The second-order valence-corrected chi connectivity index (χ2v) is 4.67. The molecule has 0 radical (unpaired) electrons. The number of ether oxygens (including phenoxy) is 1. The predicted molar refractivity (Wildman–Crippen MR) is 68.1 cm³/mol. The lowest BCUT2D eigenvalue weighted by atomic mass is 10.1. The number of hydrogen-bond donors (Lipinski definition) is 1. The van der Waals surface area contributed by atoms with Crippen molar-refractivity contribution in [2.75, 3.05) is 31.2 Å². The van der Waals surface area contributed by atoms with Crippen molar-refractivity contribution in [3.8, 4) is 0 Å². The molecule has 2 heterocycles. The number of piperidine rings is 1. The second kappa shape index (κ2) is 6.47. The number of aliphatic hydroxyl groups excluding tert-OH is 1. The molecule has 0 spiro atoms. The van der Waals surface area contributed by atoms with E-state index in [0.29, 0.717) is 12.4 Å².